The van der Waals surface area contributed by atoms with Gasteiger partial charge in [-0.3, -0.25) is 9.59 Å². The number of hydrazone groups is 1. The number of benzene rings is 3. The first kappa shape index (κ1) is 24.9. The summed E-state index contributed by atoms with van der Waals surface area (Å²) in [5, 5.41) is 7.60. The summed E-state index contributed by atoms with van der Waals surface area (Å²) in [7, 11) is 0. The lowest BCUT2D eigenvalue weighted by Crippen LogP contribution is -2.20. The number of carbonyl (C=O) groups is 2. The number of hydrogen-bond donors (Lipinski definition) is 2. The molecular formula is C23H17Cl4N3O3. The molecule has 33 heavy (non-hydrogen) atoms. The molecule has 0 unspecified atom stereocenters. The van der Waals surface area contributed by atoms with Crippen LogP contribution in [0, 0.1) is 6.92 Å². The molecular weight excluding hydrogens is 508 g/mol. The van der Waals surface area contributed by atoms with Crippen molar-refractivity contribution in [1.29, 1.82) is 0 Å². The topological polar surface area (TPSA) is 79.8 Å². The second-order valence-corrected chi connectivity index (χ2v) is 8.47. The predicted molar refractivity (Wildman–Crippen MR) is 133 cm³/mol. The second-order valence-electron chi connectivity index (χ2n) is 6.84. The maximum atomic E-state index is 12.2. The number of carbonyl (C=O) groups excluding carboxylic acids is 2. The van der Waals surface area contributed by atoms with Crippen LogP contribution in [0.15, 0.2) is 59.7 Å². The van der Waals surface area contributed by atoms with Crippen molar-refractivity contribution in [3.8, 4) is 5.75 Å². The summed E-state index contributed by atoms with van der Waals surface area (Å²) in [5.74, 6) is -0.648. The smallest absolute Gasteiger partial charge is 0.271 e. The van der Waals surface area contributed by atoms with Crippen LogP contribution in [-0.2, 0) is 4.79 Å². The van der Waals surface area contributed by atoms with E-state index in [1.807, 2.05) is 19.1 Å². The molecule has 0 spiro atoms. The van der Waals surface area contributed by atoms with E-state index in [0.717, 1.165) is 5.56 Å². The van der Waals surface area contributed by atoms with Crippen LogP contribution in [-0.4, -0.2) is 24.6 Å². The fourth-order valence-corrected chi connectivity index (χ4v) is 3.55. The third kappa shape index (κ3) is 7.11. The Labute approximate surface area is 210 Å². The van der Waals surface area contributed by atoms with Gasteiger partial charge in [0.2, 0.25) is 0 Å². The molecule has 10 heteroatoms. The second kappa shape index (κ2) is 11.4. The van der Waals surface area contributed by atoms with Gasteiger partial charge in [-0.25, -0.2) is 5.43 Å². The van der Waals surface area contributed by atoms with Gasteiger partial charge in [-0.15, -0.1) is 0 Å². The molecule has 3 aromatic carbocycles. The van der Waals surface area contributed by atoms with Crippen molar-refractivity contribution in [1.82, 2.24) is 5.43 Å². The van der Waals surface area contributed by atoms with Gasteiger partial charge < -0.3 is 10.1 Å². The monoisotopic (exact) mass is 523 g/mol. The largest absolute Gasteiger partial charge is 0.481 e. The van der Waals surface area contributed by atoms with Gasteiger partial charge in [-0.1, -0.05) is 64.1 Å². The van der Waals surface area contributed by atoms with Gasteiger partial charge >= 0.3 is 0 Å². The zero-order chi connectivity index (χ0) is 24.0. The van der Waals surface area contributed by atoms with Gasteiger partial charge in [-0.2, -0.15) is 5.10 Å². The Morgan fingerprint density at radius 2 is 1.58 bits per heavy atom. The highest BCUT2D eigenvalue weighted by Crippen LogP contribution is 2.34. The molecule has 0 heterocycles. The van der Waals surface area contributed by atoms with Crippen molar-refractivity contribution in [2.24, 2.45) is 5.10 Å². The van der Waals surface area contributed by atoms with Crippen LogP contribution in [0.25, 0.3) is 0 Å². The molecule has 0 aliphatic rings. The number of nitrogens with one attached hydrogen (secondary N) is 2. The molecule has 6 nitrogen and oxygen atoms in total. The highest BCUT2D eigenvalue weighted by atomic mass is 35.5. The van der Waals surface area contributed by atoms with Gasteiger partial charge in [-0.05, 0) is 55.0 Å². The summed E-state index contributed by atoms with van der Waals surface area (Å²) in [5.41, 5.74) is 4.96. The van der Waals surface area contributed by atoms with E-state index >= 15 is 0 Å². The van der Waals surface area contributed by atoms with Crippen molar-refractivity contribution < 1.29 is 14.3 Å². The van der Waals surface area contributed by atoms with Crippen LogP contribution in [0.2, 0.25) is 20.1 Å². The lowest BCUT2D eigenvalue weighted by Gasteiger charge is -2.11. The average molecular weight is 525 g/mol. The summed E-state index contributed by atoms with van der Waals surface area (Å²) in [4.78, 5) is 24.3. The SMILES string of the molecule is Cc1ccc(C(=O)N/N=C/c2cc(Cl)c(OCC(=O)Nc3ccc(Cl)c(Cl)c3)c(Cl)c2)cc1. The minimum Gasteiger partial charge on any atom is -0.481 e. The molecule has 2 N–H and O–H groups in total. The molecule has 0 fully saturated rings. The average Bonchev–Trinajstić information content (AvgIpc) is 2.76. The Morgan fingerprint density at radius 1 is 0.909 bits per heavy atom. The summed E-state index contributed by atoms with van der Waals surface area (Å²) in [6.45, 7) is 1.60. The van der Waals surface area contributed by atoms with E-state index in [1.165, 1.54) is 12.3 Å². The Bertz CT molecular complexity index is 1190. The maximum absolute atomic E-state index is 12.2. The van der Waals surface area contributed by atoms with Gasteiger partial charge in [0.15, 0.2) is 12.4 Å². The molecule has 2 amide bonds. The number of aryl methyl sites for hydroxylation is 1. The molecule has 0 saturated carbocycles. The molecule has 0 aliphatic heterocycles. The molecule has 170 valence electrons. The van der Waals surface area contributed by atoms with E-state index in [2.05, 4.69) is 15.8 Å². The summed E-state index contributed by atoms with van der Waals surface area (Å²) < 4.78 is 5.47. The standard InChI is InChI=1S/C23H17Cl4N3O3/c1-13-2-4-15(5-3-13)23(32)30-28-11-14-8-19(26)22(20(27)9-14)33-12-21(31)29-16-6-7-17(24)18(25)10-16/h2-11H,12H2,1H3,(H,29,31)(H,30,32)/b28-11+. The lowest BCUT2D eigenvalue weighted by atomic mass is 10.1. The highest BCUT2D eigenvalue weighted by molar-refractivity contribution is 6.42. The number of amides is 2. The molecule has 0 radical (unpaired) electrons. The van der Waals surface area contributed by atoms with Crippen molar-refractivity contribution >= 4 is 70.1 Å². The molecule has 3 aromatic rings. The number of nitrogens with zero attached hydrogens (tertiary/aromatic N) is 1. The normalized spacial score (nSPS) is 10.8. The van der Waals surface area contributed by atoms with Gasteiger partial charge in [0, 0.05) is 11.3 Å². The maximum Gasteiger partial charge on any atom is 0.271 e. The Hall–Kier alpha value is -2.77. The first-order chi connectivity index (χ1) is 15.7. The van der Waals surface area contributed by atoms with Crippen LogP contribution < -0.4 is 15.5 Å². The summed E-state index contributed by atoms with van der Waals surface area (Å²) in [6, 6.07) is 14.9. The molecule has 0 aromatic heterocycles. The first-order valence-electron chi connectivity index (χ1n) is 9.50. The molecule has 0 aliphatic carbocycles. The van der Waals surface area contributed by atoms with Crippen LogP contribution in [0.3, 0.4) is 0 Å². The Morgan fingerprint density at radius 3 is 2.21 bits per heavy atom. The fourth-order valence-electron chi connectivity index (χ4n) is 2.64. The van der Waals surface area contributed by atoms with Crippen molar-refractivity contribution in [3.63, 3.8) is 0 Å². The molecule has 3 rings (SSSR count). The van der Waals surface area contributed by atoms with E-state index in [1.54, 1.807) is 36.4 Å². The van der Waals surface area contributed by atoms with E-state index in [-0.39, 0.29) is 28.3 Å². The third-order valence-electron chi connectivity index (χ3n) is 4.27. The fraction of sp³-hybridized carbons (Fsp3) is 0.0870. The summed E-state index contributed by atoms with van der Waals surface area (Å²) >= 11 is 24.3. The van der Waals surface area contributed by atoms with Gasteiger partial charge in [0.05, 0.1) is 26.3 Å². The predicted octanol–water partition coefficient (Wildman–Crippen LogP) is 6.39. The number of rotatable bonds is 7. The van der Waals surface area contributed by atoms with E-state index in [4.69, 9.17) is 51.1 Å². The quantitative estimate of drug-likeness (QED) is 0.277. The van der Waals surface area contributed by atoms with E-state index in [0.29, 0.717) is 26.9 Å². The van der Waals surface area contributed by atoms with Gasteiger partial charge in [0.25, 0.3) is 11.8 Å². The minimum absolute atomic E-state index is 0.142. The molecule has 0 saturated heterocycles. The van der Waals surface area contributed by atoms with Crippen LogP contribution in [0.1, 0.15) is 21.5 Å². The molecule has 0 atom stereocenters. The first-order valence-corrected chi connectivity index (χ1v) is 11.0. The summed E-state index contributed by atoms with van der Waals surface area (Å²) in [6.07, 6.45) is 1.39. The van der Waals surface area contributed by atoms with Crippen molar-refractivity contribution in [3.05, 3.63) is 91.4 Å². The number of halogens is 4. The number of anilines is 1. The van der Waals surface area contributed by atoms with Gasteiger partial charge in [0.1, 0.15) is 0 Å². The lowest BCUT2D eigenvalue weighted by molar-refractivity contribution is -0.118. The Kier molecular flexibility index (Phi) is 8.58. The van der Waals surface area contributed by atoms with Crippen LogP contribution >= 0.6 is 46.4 Å². The minimum atomic E-state index is -0.440. The number of ether oxygens (including phenoxy) is 1. The molecule has 0 bridgehead atoms. The van der Waals surface area contributed by atoms with Crippen LogP contribution in [0.5, 0.6) is 5.75 Å². The van der Waals surface area contributed by atoms with Crippen molar-refractivity contribution in [2.45, 2.75) is 6.92 Å². The van der Waals surface area contributed by atoms with E-state index in [9.17, 15) is 9.59 Å². The zero-order valence-electron chi connectivity index (χ0n) is 17.2. The zero-order valence-corrected chi connectivity index (χ0v) is 20.2. The number of hydrogen-bond acceptors (Lipinski definition) is 4. The Balaban J connectivity index is 1.58. The van der Waals surface area contributed by atoms with Crippen molar-refractivity contribution in [2.75, 3.05) is 11.9 Å². The van der Waals surface area contributed by atoms with Crippen LogP contribution in [0.4, 0.5) is 5.69 Å². The van der Waals surface area contributed by atoms with E-state index < -0.39 is 5.91 Å². The third-order valence-corrected chi connectivity index (χ3v) is 5.57. The highest BCUT2D eigenvalue weighted by Gasteiger charge is 2.12.